The Labute approximate surface area is 128 Å². The zero-order chi connectivity index (χ0) is 15.7. The number of benzene rings is 2. The molecule has 0 saturated heterocycles. The first kappa shape index (κ1) is 14.4. The Balaban J connectivity index is 1.93. The largest absolute Gasteiger partial charge is 0.494 e. The van der Waals surface area contributed by atoms with E-state index in [2.05, 4.69) is 10.3 Å². The summed E-state index contributed by atoms with van der Waals surface area (Å²) in [4.78, 5) is 16.3. The molecule has 22 heavy (non-hydrogen) atoms. The van der Waals surface area contributed by atoms with Gasteiger partial charge in [-0.3, -0.25) is 10.1 Å². The van der Waals surface area contributed by atoms with Crippen LogP contribution in [0.5, 0.6) is 5.75 Å². The number of carbonyl (C=O) groups excluding carboxylic acids is 1. The second kappa shape index (κ2) is 5.69. The lowest BCUT2D eigenvalue weighted by Crippen LogP contribution is -2.13. The lowest BCUT2D eigenvalue weighted by atomic mass is 10.2. The predicted molar refractivity (Wildman–Crippen MR) is 80.5 cm³/mol. The van der Waals surface area contributed by atoms with Crippen molar-refractivity contribution in [1.29, 1.82) is 0 Å². The fourth-order valence-corrected chi connectivity index (χ4v) is 2.86. The number of methoxy groups -OCH3 is 1. The third-order valence-corrected chi connectivity index (χ3v) is 3.93. The minimum absolute atomic E-state index is 0.285. The lowest BCUT2D eigenvalue weighted by Gasteiger charge is -2.03. The van der Waals surface area contributed by atoms with Gasteiger partial charge >= 0.3 is 0 Å². The topological polar surface area (TPSA) is 51.2 Å². The molecule has 4 nitrogen and oxygen atoms in total. The molecule has 1 heterocycles. The van der Waals surface area contributed by atoms with Crippen LogP contribution in [-0.4, -0.2) is 18.0 Å². The van der Waals surface area contributed by atoms with Crippen LogP contribution in [0.1, 0.15) is 10.4 Å². The number of carbonyl (C=O) groups is 1. The first-order valence-corrected chi connectivity index (χ1v) is 7.10. The van der Waals surface area contributed by atoms with Gasteiger partial charge in [0.1, 0.15) is 22.9 Å². The lowest BCUT2D eigenvalue weighted by molar-refractivity contribution is 0.102. The molecule has 0 bridgehead atoms. The van der Waals surface area contributed by atoms with Crippen LogP contribution in [0.25, 0.3) is 10.2 Å². The number of halogens is 2. The standard InChI is InChI=1S/C15H10F2N2O2S/c1-21-11-3-2-4-12-13(11)18-15(22-12)19-14(20)9-7-8(16)5-6-10(9)17/h2-7H,1H3,(H,18,19,20). The first-order valence-electron chi connectivity index (χ1n) is 6.28. The summed E-state index contributed by atoms with van der Waals surface area (Å²) in [6.07, 6.45) is 0. The molecule has 0 radical (unpaired) electrons. The van der Waals surface area contributed by atoms with Crippen molar-refractivity contribution < 1.29 is 18.3 Å². The molecule has 2 aromatic carbocycles. The molecule has 0 spiro atoms. The van der Waals surface area contributed by atoms with Gasteiger partial charge in [-0.25, -0.2) is 13.8 Å². The highest BCUT2D eigenvalue weighted by Crippen LogP contribution is 2.32. The molecule has 0 aliphatic carbocycles. The highest BCUT2D eigenvalue weighted by atomic mass is 32.1. The average Bonchev–Trinajstić information content (AvgIpc) is 2.91. The number of amides is 1. The molecule has 1 amide bonds. The van der Waals surface area contributed by atoms with Crippen LogP contribution >= 0.6 is 11.3 Å². The van der Waals surface area contributed by atoms with Crippen LogP contribution in [0.2, 0.25) is 0 Å². The van der Waals surface area contributed by atoms with E-state index < -0.39 is 17.5 Å². The monoisotopic (exact) mass is 320 g/mol. The van der Waals surface area contributed by atoms with Gasteiger partial charge in [0, 0.05) is 0 Å². The molecule has 0 atom stereocenters. The number of rotatable bonds is 3. The minimum atomic E-state index is -0.794. The summed E-state index contributed by atoms with van der Waals surface area (Å²) in [5.74, 6) is -1.66. The molecule has 1 N–H and O–H groups in total. The number of aromatic nitrogens is 1. The number of thiazole rings is 1. The SMILES string of the molecule is COc1cccc2sc(NC(=O)c3cc(F)ccc3F)nc12. The van der Waals surface area contributed by atoms with Gasteiger partial charge in [-0.2, -0.15) is 0 Å². The third kappa shape index (κ3) is 2.62. The normalized spacial score (nSPS) is 10.7. The van der Waals surface area contributed by atoms with E-state index in [9.17, 15) is 13.6 Å². The second-order valence-electron chi connectivity index (χ2n) is 4.40. The predicted octanol–water partition coefficient (Wildman–Crippen LogP) is 3.84. The van der Waals surface area contributed by atoms with E-state index in [1.54, 1.807) is 12.1 Å². The quantitative estimate of drug-likeness (QED) is 0.798. The Kier molecular flexibility index (Phi) is 3.72. The minimum Gasteiger partial charge on any atom is -0.494 e. The molecule has 7 heteroatoms. The molecule has 0 fully saturated rings. The molecular formula is C15H10F2N2O2S. The molecule has 0 saturated carbocycles. The Morgan fingerprint density at radius 3 is 2.86 bits per heavy atom. The maximum absolute atomic E-state index is 13.6. The van der Waals surface area contributed by atoms with E-state index in [-0.39, 0.29) is 10.7 Å². The van der Waals surface area contributed by atoms with Crippen molar-refractivity contribution in [3.8, 4) is 5.75 Å². The molecular weight excluding hydrogens is 310 g/mol. The van der Waals surface area contributed by atoms with Gasteiger partial charge in [0.15, 0.2) is 5.13 Å². The van der Waals surface area contributed by atoms with Crippen LogP contribution in [0.15, 0.2) is 36.4 Å². The summed E-state index contributed by atoms with van der Waals surface area (Å²) >= 11 is 1.22. The summed E-state index contributed by atoms with van der Waals surface area (Å²) in [5.41, 5.74) is 0.233. The average molecular weight is 320 g/mol. The summed E-state index contributed by atoms with van der Waals surface area (Å²) in [6.45, 7) is 0. The van der Waals surface area contributed by atoms with Gasteiger partial charge in [0.25, 0.3) is 5.91 Å². The van der Waals surface area contributed by atoms with Crippen LogP contribution in [0.3, 0.4) is 0 Å². The van der Waals surface area contributed by atoms with Crippen molar-refractivity contribution >= 4 is 32.6 Å². The number of para-hydroxylation sites is 1. The molecule has 0 unspecified atom stereocenters. The molecule has 3 rings (SSSR count). The summed E-state index contributed by atoms with van der Waals surface area (Å²) < 4.78 is 32.7. The number of nitrogens with one attached hydrogen (secondary N) is 1. The summed E-state index contributed by atoms with van der Waals surface area (Å²) in [6, 6.07) is 8.09. The van der Waals surface area contributed by atoms with E-state index in [1.165, 1.54) is 18.4 Å². The van der Waals surface area contributed by atoms with Crippen molar-refractivity contribution in [2.24, 2.45) is 0 Å². The Morgan fingerprint density at radius 2 is 2.09 bits per heavy atom. The highest BCUT2D eigenvalue weighted by molar-refractivity contribution is 7.22. The summed E-state index contributed by atoms with van der Waals surface area (Å²) in [5, 5.41) is 2.76. The zero-order valence-corrected chi connectivity index (χ0v) is 12.2. The number of fused-ring (bicyclic) bond motifs is 1. The number of hydrogen-bond donors (Lipinski definition) is 1. The first-order chi connectivity index (χ1) is 10.6. The Hall–Kier alpha value is -2.54. The van der Waals surface area contributed by atoms with Gasteiger partial charge < -0.3 is 4.74 Å². The number of nitrogens with zero attached hydrogens (tertiary/aromatic N) is 1. The maximum Gasteiger partial charge on any atom is 0.260 e. The van der Waals surface area contributed by atoms with E-state index in [0.29, 0.717) is 11.3 Å². The van der Waals surface area contributed by atoms with Crippen molar-refractivity contribution in [3.63, 3.8) is 0 Å². The van der Waals surface area contributed by atoms with E-state index in [4.69, 9.17) is 4.74 Å². The Morgan fingerprint density at radius 1 is 1.27 bits per heavy atom. The smallest absolute Gasteiger partial charge is 0.260 e. The maximum atomic E-state index is 13.6. The van der Waals surface area contributed by atoms with E-state index >= 15 is 0 Å². The zero-order valence-electron chi connectivity index (χ0n) is 11.4. The molecule has 0 aliphatic rings. The number of hydrogen-bond acceptors (Lipinski definition) is 4. The fourth-order valence-electron chi connectivity index (χ4n) is 1.98. The van der Waals surface area contributed by atoms with Crippen LogP contribution < -0.4 is 10.1 Å². The van der Waals surface area contributed by atoms with Gasteiger partial charge in [-0.1, -0.05) is 17.4 Å². The van der Waals surface area contributed by atoms with Gasteiger partial charge in [0.05, 0.1) is 17.4 Å². The number of ether oxygens (including phenoxy) is 1. The third-order valence-electron chi connectivity index (χ3n) is 3.00. The van der Waals surface area contributed by atoms with Crippen molar-refractivity contribution in [2.45, 2.75) is 0 Å². The molecule has 1 aromatic heterocycles. The van der Waals surface area contributed by atoms with Crippen molar-refractivity contribution in [3.05, 3.63) is 53.6 Å². The van der Waals surface area contributed by atoms with Crippen LogP contribution in [0.4, 0.5) is 13.9 Å². The van der Waals surface area contributed by atoms with E-state index in [1.807, 2.05) is 6.07 Å². The van der Waals surface area contributed by atoms with Gasteiger partial charge in [-0.05, 0) is 30.3 Å². The molecule has 0 aliphatic heterocycles. The number of anilines is 1. The van der Waals surface area contributed by atoms with Crippen LogP contribution in [-0.2, 0) is 0 Å². The van der Waals surface area contributed by atoms with Crippen LogP contribution in [0, 0.1) is 11.6 Å². The van der Waals surface area contributed by atoms with Crippen molar-refractivity contribution in [1.82, 2.24) is 4.98 Å². The Bertz CT molecular complexity index is 864. The second-order valence-corrected chi connectivity index (χ2v) is 5.43. The van der Waals surface area contributed by atoms with Crippen molar-refractivity contribution in [2.75, 3.05) is 12.4 Å². The molecule has 3 aromatic rings. The summed E-state index contributed by atoms with van der Waals surface area (Å²) in [7, 11) is 1.52. The molecule has 112 valence electrons. The fraction of sp³-hybridized carbons (Fsp3) is 0.0667. The highest BCUT2D eigenvalue weighted by Gasteiger charge is 2.16. The van der Waals surface area contributed by atoms with Gasteiger partial charge in [0.2, 0.25) is 0 Å². The van der Waals surface area contributed by atoms with E-state index in [0.717, 1.165) is 22.9 Å². The van der Waals surface area contributed by atoms with Gasteiger partial charge in [-0.15, -0.1) is 0 Å².